The lowest BCUT2D eigenvalue weighted by atomic mass is 10.1. The maximum atomic E-state index is 12.7. The molecule has 138 valence electrons. The maximum Gasteiger partial charge on any atom is 0.321 e. The summed E-state index contributed by atoms with van der Waals surface area (Å²) in [5.74, 6) is 0.591. The van der Waals surface area contributed by atoms with Crippen LogP contribution in [0.5, 0.6) is 0 Å². The number of hydrogen-bond acceptors (Lipinski definition) is 3. The lowest BCUT2D eigenvalue weighted by Crippen LogP contribution is -2.35. The molecule has 2 amide bonds. The van der Waals surface area contributed by atoms with Gasteiger partial charge in [0.25, 0.3) is 0 Å². The van der Waals surface area contributed by atoms with Gasteiger partial charge in [0.1, 0.15) is 0 Å². The van der Waals surface area contributed by atoms with Crippen LogP contribution in [0.25, 0.3) is 0 Å². The number of carbonyl (C=O) groups is 1. The molecule has 1 aromatic carbocycles. The molecule has 2 saturated heterocycles. The van der Waals surface area contributed by atoms with Crippen molar-refractivity contribution in [3.05, 3.63) is 24.3 Å². The minimum atomic E-state index is 0.0473. The Hall–Kier alpha value is -1.75. The Bertz CT molecular complexity index is 571. The zero-order chi connectivity index (χ0) is 17.6. The van der Waals surface area contributed by atoms with Crippen molar-refractivity contribution in [1.82, 2.24) is 9.80 Å². The monoisotopic (exact) mass is 344 g/mol. The number of anilines is 2. The average molecular weight is 345 g/mol. The molecule has 1 atom stereocenters. The molecule has 25 heavy (non-hydrogen) atoms. The van der Waals surface area contributed by atoms with Crippen LogP contribution in [0.3, 0.4) is 0 Å². The molecule has 0 saturated carbocycles. The summed E-state index contributed by atoms with van der Waals surface area (Å²) >= 11 is 0. The van der Waals surface area contributed by atoms with E-state index in [1.165, 1.54) is 19.3 Å². The average Bonchev–Trinajstić information content (AvgIpc) is 3.11. The lowest BCUT2D eigenvalue weighted by molar-refractivity contribution is 0.218. The van der Waals surface area contributed by atoms with Crippen molar-refractivity contribution in [3.8, 4) is 0 Å². The Morgan fingerprint density at radius 3 is 2.72 bits per heavy atom. The number of carbonyl (C=O) groups excluding carboxylic acids is 1. The van der Waals surface area contributed by atoms with Crippen LogP contribution in [0, 0.1) is 5.92 Å². The Labute approximate surface area is 152 Å². The van der Waals surface area contributed by atoms with E-state index in [9.17, 15) is 4.79 Å². The highest BCUT2D eigenvalue weighted by molar-refractivity contribution is 5.93. The third-order valence-corrected chi connectivity index (χ3v) is 5.53. The highest BCUT2D eigenvalue weighted by Crippen LogP contribution is 2.29. The summed E-state index contributed by atoms with van der Waals surface area (Å²) in [4.78, 5) is 19.4. The van der Waals surface area contributed by atoms with Gasteiger partial charge in [-0.3, -0.25) is 0 Å². The fourth-order valence-electron chi connectivity index (χ4n) is 3.92. The fraction of sp³-hybridized carbons (Fsp3) is 0.650. The molecule has 0 bridgehead atoms. The second kappa shape index (κ2) is 8.56. The summed E-state index contributed by atoms with van der Waals surface area (Å²) in [6.07, 6.45) is 4.89. The van der Waals surface area contributed by atoms with E-state index in [-0.39, 0.29) is 6.03 Å². The molecule has 5 heteroatoms. The molecular weight excluding hydrogens is 312 g/mol. The first kappa shape index (κ1) is 18.1. The second-order valence-corrected chi connectivity index (χ2v) is 7.45. The predicted molar refractivity (Wildman–Crippen MR) is 104 cm³/mol. The molecule has 1 aromatic rings. The first-order valence-corrected chi connectivity index (χ1v) is 9.76. The van der Waals surface area contributed by atoms with Gasteiger partial charge in [0.05, 0.1) is 11.4 Å². The lowest BCUT2D eigenvalue weighted by Gasteiger charge is -2.31. The van der Waals surface area contributed by atoms with E-state index in [0.717, 1.165) is 57.1 Å². The number of hydrogen-bond donors (Lipinski definition) is 1. The Balaban J connectivity index is 1.60. The van der Waals surface area contributed by atoms with E-state index in [2.05, 4.69) is 41.2 Å². The molecule has 2 heterocycles. The van der Waals surface area contributed by atoms with E-state index in [0.29, 0.717) is 5.92 Å². The summed E-state index contributed by atoms with van der Waals surface area (Å²) < 4.78 is 0. The van der Waals surface area contributed by atoms with Crippen LogP contribution in [0.4, 0.5) is 16.2 Å². The molecule has 0 aliphatic carbocycles. The van der Waals surface area contributed by atoms with Gasteiger partial charge in [-0.1, -0.05) is 19.1 Å². The largest absolute Gasteiger partial charge is 0.370 e. The van der Waals surface area contributed by atoms with Crippen molar-refractivity contribution in [2.45, 2.75) is 32.6 Å². The Morgan fingerprint density at radius 1 is 1.20 bits per heavy atom. The molecule has 5 nitrogen and oxygen atoms in total. The van der Waals surface area contributed by atoms with Gasteiger partial charge in [-0.25, -0.2) is 4.79 Å². The van der Waals surface area contributed by atoms with Crippen LogP contribution < -0.4 is 10.2 Å². The molecule has 1 N–H and O–H groups in total. The van der Waals surface area contributed by atoms with Crippen LogP contribution in [0.15, 0.2) is 24.3 Å². The van der Waals surface area contributed by atoms with Crippen molar-refractivity contribution in [2.24, 2.45) is 5.92 Å². The van der Waals surface area contributed by atoms with E-state index in [4.69, 9.17) is 0 Å². The van der Waals surface area contributed by atoms with E-state index in [1.807, 2.05) is 17.0 Å². The molecule has 0 unspecified atom stereocenters. The molecule has 0 radical (unpaired) electrons. The molecule has 2 fully saturated rings. The minimum Gasteiger partial charge on any atom is -0.370 e. The number of para-hydroxylation sites is 2. The molecular formula is C20H32N4O. The summed E-state index contributed by atoms with van der Waals surface area (Å²) in [6, 6.07) is 8.27. The zero-order valence-electron chi connectivity index (χ0n) is 15.7. The van der Waals surface area contributed by atoms with Crippen molar-refractivity contribution in [1.29, 1.82) is 0 Å². The number of benzene rings is 1. The predicted octanol–water partition coefficient (Wildman–Crippen LogP) is 3.48. The number of nitrogens with zero attached hydrogens (tertiary/aromatic N) is 3. The molecule has 0 spiro atoms. The highest BCUT2D eigenvalue weighted by atomic mass is 16.2. The van der Waals surface area contributed by atoms with Crippen LogP contribution in [0.2, 0.25) is 0 Å². The summed E-state index contributed by atoms with van der Waals surface area (Å²) in [7, 11) is 2.15. The standard InChI is InChI=1S/C20H32N4O/c1-3-22(2)15-17-11-14-24(16-17)20(25)21-18-9-5-6-10-19(18)23-12-7-4-8-13-23/h5-6,9-10,17H,3-4,7-8,11-16H2,1-2H3,(H,21,25)/t17-/m0/s1. The number of rotatable bonds is 5. The zero-order valence-corrected chi connectivity index (χ0v) is 15.7. The van der Waals surface area contributed by atoms with Crippen LogP contribution in [0.1, 0.15) is 32.6 Å². The van der Waals surface area contributed by atoms with E-state index >= 15 is 0 Å². The fourth-order valence-corrected chi connectivity index (χ4v) is 3.92. The SMILES string of the molecule is CCN(C)C[C@@H]1CCN(C(=O)Nc2ccccc2N2CCCCC2)C1. The van der Waals surface area contributed by atoms with Gasteiger partial charge in [-0.2, -0.15) is 0 Å². The van der Waals surface area contributed by atoms with Gasteiger partial charge in [-0.05, 0) is 57.3 Å². The molecule has 2 aliphatic rings. The number of nitrogens with one attached hydrogen (secondary N) is 1. The number of piperidine rings is 1. The van der Waals surface area contributed by atoms with Crippen LogP contribution in [-0.2, 0) is 0 Å². The quantitative estimate of drug-likeness (QED) is 0.889. The van der Waals surface area contributed by atoms with Crippen molar-refractivity contribution in [2.75, 3.05) is 56.5 Å². The van der Waals surface area contributed by atoms with Crippen molar-refractivity contribution < 1.29 is 4.79 Å². The minimum absolute atomic E-state index is 0.0473. The van der Waals surface area contributed by atoms with Gasteiger partial charge in [0, 0.05) is 32.7 Å². The number of likely N-dealkylation sites (tertiary alicyclic amines) is 1. The van der Waals surface area contributed by atoms with Gasteiger partial charge < -0.3 is 20.0 Å². The molecule has 3 rings (SSSR count). The van der Waals surface area contributed by atoms with Gasteiger partial charge >= 0.3 is 6.03 Å². The number of urea groups is 1. The smallest absolute Gasteiger partial charge is 0.321 e. The summed E-state index contributed by atoms with van der Waals surface area (Å²) in [5, 5.41) is 3.17. The Kier molecular flexibility index (Phi) is 6.19. The molecule has 0 aromatic heterocycles. The third-order valence-electron chi connectivity index (χ3n) is 5.53. The van der Waals surface area contributed by atoms with E-state index in [1.54, 1.807) is 0 Å². The van der Waals surface area contributed by atoms with Crippen LogP contribution >= 0.6 is 0 Å². The van der Waals surface area contributed by atoms with Crippen molar-refractivity contribution >= 4 is 17.4 Å². The summed E-state index contributed by atoms with van der Waals surface area (Å²) in [5.41, 5.74) is 2.11. The van der Waals surface area contributed by atoms with E-state index < -0.39 is 0 Å². The van der Waals surface area contributed by atoms with Gasteiger partial charge in [0.2, 0.25) is 0 Å². The molecule has 2 aliphatic heterocycles. The van der Waals surface area contributed by atoms with Gasteiger partial charge in [0.15, 0.2) is 0 Å². The maximum absolute atomic E-state index is 12.7. The third kappa shape index (κ3) is 4.66. The first-order valence-electron chi connectivity index (χ1n) is 9.76. The Morgan fingerprint density at radius 2 is 1.96 bits per heavy atom. The highest BCUT2D eigenvalue weighted by Gasteiger charge is 2.27. The second-order valence-electron chi connectivity index (χ2n) is 7.45. The van der Waals surface area contributed by atoms with Crippen molar-refractivity contribution in [3.63, 3.8) is 0 Å². The summed E-state index contributed by atoms with van der Waals surface area (Å²) in [6.45, 7) is 8.21. The first-order chi connectivity index (χ1) is 12.2. The topological polar surface area (TPSA) is 38.8 Å². The van der Waals surface area contributed by atoms with Crippen LogP contribution in [-0.4, -0.2) is 62.1 Å². The number of amides is 2. The van der Waals surface area contributed by atoms with Gasteiger partial charge in [-0.15, -0.1) is 0 Å². The normalized spacial score (nSPS) is 21.0.